The number of halogens is 1. The Morgan fingerprint density at radius 3 is 2.52 bits per heavy atom. The van der Waals surface area contributed by atoms with Crippen molar-refractivity contribution in [1.29, 1.82) is 0 Å². The summed E-state index contributed by atoms with van der Waals surface area (Å²) in [6, 6.07) is 24.3. The highest BCUT2D eigenvalue weighted by Gasteiger charge is 2.31. The lowest BCUT2D eigenvalue weighted by molar-refractivity contribution is 0.0781. The summed E-state index contributed by atoms with van der Waals surface area (Å²) < 4.78 is 19.8. The molecule has 150 valence electrons. The van der Waals surface area contributed by atoms with Crippen molar-refractivity contribution in [1.82, 2.24) is 4.90 Å². The van der Waals surface area contributed by atoms with Crippen LogP contribution in [-0.2, 0) is 6.42 Å². The van der Waals surface area contributed by atoms with Crippen LogP contribution in [-0.4, -0.2) is 35.7 Å². The Morgan fingerprint density at radius 2 is 1.76 bits per heavy atom. The van der Waals surface area contributed by atoms with Crippen LogP contribution in [0.5, 0.6) is 11.5 Å². The van der Waals surface area contributed by atoms with E-state index in [1.807, 2.05) is 24.3 Å². The van der Waals surface area contributed by atoms with E-state index >= 15 is 0 Å². The first-order valence-electron chi connectivity index (χ1n) is 10.1. The van der Waals surface area contributed by atoms with E-state index < -0.39 is 0 Å². The fraction of sp³-hybridized carbons (Fsp3) is 0.280. The number of ether oxygens (including phenoxy) is 1. The van der Waals surface area contributed by atoms with Crippen molar-refractivity contribution in [3.8, 4) is 11.5 Å². The van der Waals surface area contributed by atoms with Gasteiger partial charge >= 0.3 is 0 Å². The molecule has 3 aromatic rings. The van der Waals surface area contributed by atoms with Gasteiger partial charge in [-0.25, -0.2) is 4.39 Å². The summed E-state index contributed by atoms with van der Waals surface area (Å²) in [5.41, 5.74) is 2.47. The minimum atomic E-state index is -0.273. The van der Waals surface area contributed by atoms with Crippen molar-refractivity contribution in [2.24, 2.45) is 0 Å². The average molecular weight is 391 g/mol. The molecule has 1 N–H and O–H groups in total. The maximum atomic E-state index is 13.6. The van der Waals surface area contributed by atoms with Crippen LogP contribution < -0.4 is 4.74 Å². The molecule has 1 aliphatic heterocycles. The number of phenols is 1. The lowest BCUT2D eigenvalue weighted by atomic mass is 9.87. The monoisotopic (exact) mass is 391 g/mol. The van der Waals surface area contributed by atoms with Gasteiger partial charge in [-0.15, -0.1) is 0 Å². The maximum Gasteiger partial charge on any atom is 0.126 e. The second-order valence-corrected chi connectivity index (χ2v) is 7.64. The lowest BCUT2D eigenvalue weighted by Crippen LogP contribution is -2.44. The van der Waals surface area contributed by atoms with Gasteiger partial charge < -0.3 is 14.7 Å². The van der Waals surface area contributed by atoms with Crippen LogP contribution in [0, 0.1) is 5.82 Å². The normalized spacial score (nSPS) is 19.8. The quantitative estimate of drug-likeness (QED) is 0.641. The Bertz CT molecular complexity index is 914. The fourth-order valence-electron chi connectivity index (χ4n) is 4.03. The highest BCUT2D eigenvalue weighted by atomic mass is 19.1. The van der Waals surface area contributed by atoms with E-state index in [1.165, 1.54) is 23.3 Å². The molecule has 4 rings (SSSR count). The molecule has 1 fully saturated rings. The minimum Gasteiger partial charge on any atom is -0.508 e. The number of likely N-dealkylation sites (tertiary alicyclic amines) is 1. The molecule has 3 nitrogen and oxygen atoms in total. The van der Waals surface area contributed by atoms with Crippen LogP contribution in [0.1, 0.15) is 23.5 Å². The van der Waals surface area contributed by atoms with Gasteiger partial charge in [0.25, 0.3) is 0 Å². The third-order valence-electron chi connectivity index (χ3n) is 5.60. The number of phenolic OH excluding ortho intramolecular Hbond substituents is 1. The number of aromatic hydroxyl groups is 1. The van der Waals surface area contributed by atoms with Crippen molar-refractivity contribution in [3.05, 3.63) is 95.8 Å². The fourth-order valence-corrected chi connectivity index (χ4v) is 4.03. The molecular weight excluding hydrogens is 365 g/mol. The van der Waals surface area contributed by atoms with Crippen molar-refractivity contribution < 1.29 is 14.2 Å². The molecule has 0 aliphatic carbocycles. The first-order chi connectivity index (χ1) is 14.2. The van der Waals surface area contributed by atoms with Crippen LogP contribution in [0.2, 0.25) is 0 Å². The minimum absolute atomic E-state index is 0.0177. The Kier molecular flexibility index (Phi) is 6.11. The van der Waals surface area contributed by atoms with E-state index in [-0.39, 0.29) is 17.8 Å². The molecule has 0 saturated carbocycles. The number of hydrogen-bond donors (Lipinski definition) is 1. The van der Waals surface area contributed by atoms with Gasteiger partial charge in [-0.1, -0.05) is 48.5 Å². The summed E-state index contributed by atoms with van der Waals surface area (Å²) >= 11 is 0. The van der Waals surface area contributed by atoms with E-state index in [0.29, 0.717) is 11.5 Å². The average Bonchev–Trinajstić information content (AvgIpc) is 2.75. The summed E-state index contributed by atoms with van der Waals surface area (Å²) in [5, 5.41) is 9.45. The number of rotatable bonds is 6. The van der Waals surface area contributed by atoms with Crippen LogP contribution in [0.4, 0.5) is 4.39 Å². The molecule has 3 aromatic carbocycles. The number of benzene rings is 3. The zero-order valence-electron chi connectivity index (χ0n) is 16.4. The van der Waals surface area contributed by atoms with E-state index in [0.717, 1.165) is 32.5 Å². The number of nitrogens with zero attached hydrogens (tertiary/aromatic N) is 1. The predicted molar refractivity (Wildman–Crippen MR) is 113 cm³/mol. The van der Waals surface area contributed by atoms with Gasteiger partial charge in [0, 0.05) is 31.6 Å². The van der Waals surface area contributed by atoms with Crippen molar-refractivity contribution in [2.75, 3.05) is 19.6 Å². The zero-order chi connectivity index (χ0) is 20.1. The SMILES string of the molecule is Oc1ccc(CCN2CC[C@H](Oc3cccc(F)c3)[C@@H](c3ccccc3)C2)cc1. The Labute approximate surface area is 171 Å². The molecule has 1 aliphatic rings. The molecule has 2 atom stereocenters. The molecule has 1 saturated heterocycles. The summed E-state index contributed by atoms with van der Waals surface area (Å²) in [6.07, 6.45) is 1.85. The standard InChI is InChI=1S/C25H26FNO2/c26-21-7-4-8-23(17-21)29-25-14-16-27(15-13-19-9-11-22(28)12-10-19)18-24(25)20-5-2-1-3-6-20/h1-12,17,24-25,28H,13-16,18H2/t24-,25+/m1/s1. The van der Waals surface area contributed by atoms with Crippen molar-refractivity contribution in [3.63, 3.8) is 0 Å². The van der Waals surface area contributed by atoms with Crippen LogP contribution in [0.25, 0.3) is 0 Å². The predicted octanol–water partition coefficient (Wildman–Crippen LogP) is 5.01. The molecule has 0 spiro atoms. The van der Waals surface area contributed by atoms with Gasteiger partial charge in [-0.05, 0) is 48.2 Å². The summed E-state index contributed by atoms with van der Waals surface area (Å²) in [5.74, 6) is 0.847. The summed E-state index contributed by atoms with van der Waals surface area (Å²) in [6.45, 7) is 2.81. The number of piperidine rings is 1. The molecular formula is C25H26FNO2. The van der Waals surface area contributed by atoms with Gasteiger partial charge in [-0.3, -0.25) is 0 Å². The van der Waals surface area contributed by atoms with Gasteiger partial charge in [0.1, 0.15) is 23.4 Å². The van der Waals surface area contributed by atoms with Gasteiger partial charge in [0.05, 0.1) is 0 Å². The molecule has 29 heavy (non-hydrogen) atoms. The third-order valence-corrected chi connectivity index (χ3v) is 5.60. The maximum absolute atomic E-state index is 13.6. The third kappa shape index (κ3) is 5.15. The zero-order valence-corrected chi connectivity index (χ0v) is 16.4. The second-order valence-electron chi connectivity index (χ2n) is 7.64. The van der Waals surface area contributed by atoms with Gasteiger partial charge in [0.2, 0.25) is 0 Å². The van der Waals surface area contributed by atoms with E-state index in [2.05, 4.69) is 29.2 Å². The Morgan fingerprint density at radius 1 is 0.966 bits per heavy atom. The van der Waals surface area contributed by atoms with Crippen LogP contribution >= 0.6 is 0 Å². The topological polar surface area (TPSA) is 32.7 Å². The van der Waals surface area contributed by atoms with E-state index in [9.17, 15) is 9.50 Å². The highest BCUT2D eigenvalue weighted by molar-refractivity contribution is 5.27. The molecule has 0 bridgehead atoms. The first-order valence-corrected chi connectivity index (χ1v) is 10.1. The molecule has 0 aromatic heterocycles. The number of hydrogen-bond acceptors (Lipinski definition) is 3. The largest absolute Gasteiger partial charge is 0.508 e. The smallest absolute Gasteiger partial charge is 0.126 e. The summed E-state index contributed by atoms with van der Waals surface area (Å²) in [7, 11) is 0. The second kappa shape index (κ2) is 9.10. The first kappa shape index (κ1) is 19.5. The van der Waals surface area contributed by atoms with Gasteiger partial charge in [0.15, 0.2) is 0 Å². The molecule has 1 heterocycles. The van der Waals surface area contributed by atoms with E-state index in [4.69, 9.17) is 4.74 Å². The van der Waals surface area contributed by atoms with Crippen molar-refractivity contribution >= 4 is 0 Å². The van der Waals surface area contributed by atoms with Crippen molar-refractivity contribution in [2.45, 2.75) is 24.9 Å². The van der Waals surface area contributed by atoms with E-state index in [1.54, 1.807) is 18.2 Å². The molecule has 0 amide bonds. The molecule has 0 radical (unpaired) electrons. The Hall–Kier alpha value is -2.85. The lowest BCUT2D eigenvalue weighted by Gasteiger charge is -2.39. The summed E-state index contributed by atoms with van der Waals surface area (Å²) in [4.78, 5) is 2.47. The van der Waals surface area contributed by atoms with Gasteiger partial charge in [-0.2, -0.15) is 0 Å². The van der Waals surface area contributed by atoms with Crippen LogP contribution in [0.3, 0.4) is 0 Å². The highest BCUT2D eigenvalue weighted by Crippen LogP contribution is 2.31. The molecule has 4 heteroatoms. The molecule has 0 unspecified atom stereocenters. The van der Waals surface area contributed by atoms with Crippen LogP contribution in [0.15, 0.2) is 78.9 Å². The Balaban J connectivity index is 1.45.